The lowest BCUT2D eigenvalue weighted by molar-refractivity contribution is -0.144. The van der Waals surface area contributed by atoms with Crippen LogP contribution in [0.4, 0.5) is 4.39 Å². The highest BCUT2D eigenvalue weighted by atomic mass is 19.1. The van der Waals surface area contributed by atoms with Crippen LogP contribution in [-0.4, -0.2) is 41.6 Å². The number of amides is 1. The Hall–Kier alpha value is -1.49. The third-order valence-corrected chi connectivity index (χ3v) is 5.08. The Bertz CT molecular complexity index is 547. The minimum atomic E-state index is -0.371. The van der Waals surface area contributed by atoms with E-state index in [1.165, 1.54) is 18.7 Å². The fourth-order valence-corrected chi connectivity index (χ4v) is 3.94. The second kappa shape index (κ2) is 7.60. The summed E-state index contributed by atoms with van der Waals surface area (Å²) in [5, 5.41) is 0. The van der Waals surface area contributed by atoms with Gasteiger partial charge in [-0.05, 0) is 30.9 Å². The molecule has 2 aliphatic rings. The van der Waals surface area contributed by atoms with Crippen molar-refractivity contribution in [3.8, 4) is 0 Å². The predicted molar refractivity (Wildman–Crippen MR) is 89.9 cm³/mol. The second-order valence-electron chi connectivity index (χ2n) is 7.59. The molecule has 1 saturated carbocycles. The van der Waals surface area contributed by atoms with Crippen LogP contribution in [0, 0.1) is 23.6 Å². The Labute approximate surface area is 143 Å². The summed E-state index contributed by atoms with van der Waals surface area (Å²) in [5.74, 6) is 1.15. The zero-order valence-corrected chi connectivity index (χ0v) is 14.6. The van der Waals surface area contributed by atoms with Crippen LogP contribution < -0.4 is 0 Å². The number of carbonyl (C=O) groups is 1. The quantitative estimate of drug-likeness (QED) is 0.831. The Morgan fingerprint density at radius 1 is 1.33 bits per heavy atom. The third kappa shape index (κ3) is 4.12. The standard InChI is InChI=1S/C19H27FN2O2/c1-13(2)12-24-19-14-4-3-5-15(19)11-22(10-14)18(23)8-17-7-6-16(20)9-21-17/h6-7,9,13-15,19H,3-5,8,10-12H2,1-2H3. The first-order valence-electron chi connectivity index (χ1n) is 9.02. The molecular weight excluding hydrogens is 307 g/mol. The maximum atomic E-state index is 12.9. The maximum Gasteiger partial charge on any atom is 0.228 e. The van der Waals surface area contributed by atoms with E-state index in [1.807, 2.05) is 4.90 Å². The molecule has 2 bridgehead atoms. The fourth-order valence-electron chi connectivity index (χ4n) is 3.94. The second-order valence-corrected chi connectivity index (χ2v) is 7.59. The van der Waals surface area contributed by atoms with E-state index in [0.29, 0.717) is 29.6 Å². The van der Waals surface area contributed by atoms with E-state index in [2.05, 4.69) is 18.8 Å². The predicted octanol–water partition coefficient (Wildman–Crippen LogP) is 3.06. The van der Waals surface area contributed by atoms with Crippen molar-refractivity contribution in [2.75, 3.05) is 19.7 Å². The highest BCUT2D eigenvalue weighted by Gasteiger charge is 2.41. The summed E-state index contributed by atoms with van der Waals surface area (Å²) in [4.78, 5) is 18.6. The molecule has 1 aliphatic heterocycles. The van der Waals surface area contributed by atoms with Gasteiger partial charge in [0.1, 0.15) is 5.82 Å². The van der Waals surface area contributed by atoms with Gasteiger partial charge in [0.15, 0.2) is 0 Å². The summed E-state index contributed by atoms with van der Waals surface area (Å²) in [6.45, 7) is 6.69. The van der Waals surface area contributed by atoms with Crippen molar-refractivity contribution >= 4 is 5.91 Å². The lowest BCUT2D eigenvalue weighted by Gasteiger charge is -2.47. The van der Waals surface area contributed by atoms with Crippen molar-refractivity contribution in [2.45, 2.75) is 45.6 Å². The number of aromatic nitrogens is 1. The lowest BCUT2D eigenvalue weighted by Crippen LogP contribution is -2.54. The van der Waals surface area contributed by atoms with Crippen LogP contribution in [0.2, 0.25) is 0 Å². The minimum absolute atomic E-state index is 0.0910. The van der Waals surface area contributed by atoms with Gasteiger partial charge in [0, 0.05) is 37.2 Å². The van der Waals surface area contributed by atoms with Crippen LogP contribution >= 0.6 is 0 Å². The molecule has 1 amide bonds. The summed E-state index contributed by atoms with van der Waals surface area (Å²) in [6, 6.07) is 2.95. The summed E-state index contributed by atoms with van der Waals surface area (Å²) in [6.07, 6.45) is 5.23. The van der Waals surface area contributed by atoms with Gasteiger partial charge >= 0.3 is 0 Å². The SMILES string of the molecule is CC(C)COC1C2CCCC1CN(C(=O)Cc1ccc(F)cn1)C2. The molecule has 0 spiro atoms. The summed E-state index contributed by atoms with van der Waals surface area (Å²) in [5.41, 5.74) is 0.629. The topological polar surface area (TPSA) is 42.4 Å². The molecule has 2 fully saturated rings. The molecule has 5 heteroatoms. The number of nitrogens with zero attached hydrogens (tertiary/aromatic N) is 2. The van der Waals surface area contributed by atoms with Gasteiger partial charge in [-0.25, -0.2) is 4.39 Å². The summed E-state index contributed by atoms with van der Waals surface area (Å²) < 4.78 is 19.1. The van der Waals surface area contributed by atoms with Gasteiger partial charge in [0.2, 0.25) is 5.91 Å². The number of rotatable bonds is 5. The molecule has 1 aromatic rings. The third-order valence-electron chi connectivity index (χ3n) is 5.08. The van der Waals surface area contributed by atoms with Gasteiger partial charge in [-0.15, -0.1) is 0 Å². The van der Waals surface area contributed by atoms with E-state index >= 15 is 0 Å². The molecule has 2 atom stereocenters. The number of likely N-dealkylation sites (tertiary alicyclic amines) is 1. The Balaban J connectivity index is 1.60. The van der Waals surface area contributed by atoms with Crippen molar-refractivity contribution in [1.29, 1.82) is 0 Å². The maximum absolute atomic E-state index is 12.9. The monoisotopic (exact) mass is 334 g/mol. The molecule has 24 heavy (non-hydrogen) atoms. The lowest BCUT2D eigenvalue weighted by atomic mass is 9.75. The molecule has 2 unspecified atom stereocenters. The first-order chi connectivity index (χ1) is 11.5. The molecule has 0 N–H and O–H groups in total. The van der Waals surface area contributed by atoms with Crippen LogP contribution in [0.3, 0.4) is 0 Å². The van der Waals surface area contributed by atoms with E-state index in [0.717, 1.165) is 32.5 Å². The highest BCUT2D eigenvalue weighted by molar-refractivity contribution is 5.78. The number of pyridine rings is 1. The molecule has 0 radical (unpaired) electrons. The number of fused-ring (bicyclic) bond motifs is 2. The molecule has 1 aliphatic carbocycles. The van der Waals surface area contributed by atoms with E-state index in [-0.39, 0.29) is 18.1 Å². The Kier molecular flexibility index (Phi) is 5.49. The molecule has 0 aromatic carbocycles. The zero-order valence-electron chi connectivity index (χ0n) is 14.6. The molecule has 2 heterocycles. The van der Waals surface area contributed by atoms with Gasteiger partial charge in [0.05, 0.1) is 18.7 Å². The van der Waals surface area contributed by atoms with E-state index in [1.54, 1.807) is 6.07 Å². The number of piperidine rings is 1. The number of hydrogen-bond donors (Lipinski definition) is 0. The summed E-state index contributed by atoms with van der Waals surface area (Å²) >= 11 is 0. The molecule has 1 saturated heterocycles. The highest BCUT2D eigenvalue weighted by Crippen LogP contribution is 2.37. The molecule has 132 valence electrons. The van der Waals surface area contributed by atoms with Crippen molar-refractivity contribution in [3.63, 3.8) is 0 Å². The van der Waals surface area contributed by atoms with Crippen molar-refractivity contribution in [1.82, 2.24) is 9.88 Å². The minimum Gasteiger partial charge on any atom is -0.377 e. The van der Waals surface area contributed by atoms with Gasteiger partial charge in [0.25, 0.3) is 0 Å². The zero-order chi connectivity index (χ0) is 17.1. The first-order valence-corrected chi connectivity index (χ1v) is 9.02. The van der Waals surface area contributed by atoms with Crippen molar-refractivity contribution in [2.24, 2.45) is 17.8 Å². The van der Waals surface area contributed by atoms with Crippen molar-refractivity contribution in [3.05, 3.63) is 29.8 Å². The van der Waals surface area contributed by atoms with Crippen LogP contribution in [0.1, 0.15) is 38.8 Å². The van der Waals surface area contributed by atoms with Gasteiger partial charge in [-0.3, -0.25) is 9.78 Å². The van der Waals surface area contributed by atoms with Crippen LogP contribution in [0.25, 0.3) is 0 Å². The average Bonchev–Trinajstić information content (AvgIpc) is 2.54. The molecular formula is C19H27FN2O2. The van der Waals surface area contributed by atoms with Crippen LogP contribution in [-0.2, 0) is 16.0 Å². The van der Waals surface area contributed by atoms with Crippen molar-refractivity contribution < 1.29 is 13.9 Å². The van der Waals surface area contributed by atoms with Gasteiger partial charge < -0.3 is 9.64 Å². The molecule has 4 nitrogen and oxygen atoms in total. The first kappa shape index (κ1) is 17.3. The smallest absolute Gasteiger partial charge is 0.228 e. The number of halogens is 1. The summed E-state index contributed by atoms with van der Waals surface area (Å²) in [7, 11) is 0. The van der Waals surface area contributed by atoms with Crippen LogP contribution in [0.15, 0.2) is 18.3 Å². The average molecular weight is 334 g/mol. The number of ether oxygens (including phenoxy) is 1. The van der Waals surface area contributed by atoms with Gasteiger partial charge in [-0.1, -0.05) is 20.3 Å². The van der Waals surface area contributed by atoms with E-state index in [4.69, 9.17) is 4.74 Å². The van der Waals surface area contributed by atoms with Crippen LogP contribution in [0.5, 0.6) is 0 Å². The van der Waals surface area contributed by atoms with E-state index in [9.17, 15) is 9.18 Å². The number of carbonyl (C=O) groups excluding carboxylic acids is 1. The normalized spacial score (nSPS) is 26.7. The van der Waals surface area contributed by atoms with E-state index < -0.39 is 0 Å². The Morgan fingerprint density at radius 3 is 2.62 bits per heavy atom. The number of hydrogen-bond acceptors (Lipinski definition) is 3. The van der Waals surface area contributed by atoms with Gasteiger partial charge in [-0.2, -0.15) is 0 Å². The largest absolute Gasteiger partial charge is 0.377 e. The fraction of sp³-hybridized carbons (Fsp3) is 0.684. The molecule has 1 aromatic heterocycles. The molecule has 3 rings (SSSR count). The Morgan fingerprint density at radius 2 is 2.04 bits per heavy atom.